The van der Waals surface area contributed by atoms with Crippen LogP contribution in [0.4, 0.5) is 5.69 Å². The van der Waals surface area contributed by atoms with E-state index in [0.717, 1.165) is 5.56 Å². The van der Waals surface area contributed by atoms with Gasteiger partial charge < -0.3 is 10.2 Å². The molecule has 0 aliphatic rings. The first kappa shape index (κ1) is 18.0. The number of rotatable bonds is 5. The smallest absolute Gasteiger partial charge is 0.255 e. The van der Waals surface area contributed by atoms with Crippen LogP contribution in [0.5, 0.6) is 0 Å². The molecular weight excluding hydrogens is 324 g/mol. The summed E-state index contributed by atoms with van der Waals surface area (Å²) in [7, 11) is 0. The van der Waals surface area contributed by atoms with E-state index in [0.29, 0.717) is 34.9 Å². The number of carbonyl (C=O) groups excluding carboxylic acids is 2. The highest BCUT2D eigenvalue weighted by Gasteiger charge is 2.13. The third-order valence-corrected chi connectivity index (χ3v) is 4.28. The van der Waals surface area contributed by atoms with Crippen molar-refractivity contribution >= 4 is 29.1 Å². The molecule has 5 heteroatoms. The third-order valence-electron chi connectivity index (χ3n) is 3.87. The Labute approximate surface area is 147 Å². The lowest BCUT2D eigenvalue weighted by Gasteiger charge is -2.18. The average molecular weight is 345 g/mol. The van der Waals surface area contributed by atoms with Crippen LogP contribution in [0.25, 0.3) is 0 Å². The van der Waals surface area contributed by atoms with Crippen LogP contribution in [0.1, 0.15) is 40.1 Å². The van der Waals surface area contributed by atoms with E-state index in [1.807, 2.05) is 26.8 Å². The normalized spacial score (nSPS) is 10.3. The topological polar surface area (TPSA) is 49.4 Å². The molecule has 2 aromatic rings. The predicted molar refractivity (Wildman–Crippen MR) is 97.8 cm³/mol. The van der Waals surface area contributed by atoms with Crippen LogP contribution in [0, 0.1) is 6.92 Å². The maximum Gasteiger partial charge on any atom is 0.255 e. The molecule has 2 amide bonds. The lowest BCUT2D eigenvalue weighted by molar-refractivity contribution is 0.0772. The maximum atomic E-state index is 12.3. The van der Waals surface area contributed by atoms with E-state index in [9.17, 15) is 9.59 Å². The Kier molecular flexibility index (Phi) is 5.99. The molecule has 0 fully saturated rings. The lowest BCUT2D eigenvalue weighted by Crippen LogP contribution is -2.30. The molecule has 2 aromatic carbocycles. The number of anilines is 1. The molecule has 0 aliphatic carbocycles. The number of aryl methyl sites for hydroxylation is 1. The zero-order valence-corrected chi connectivity index (χ0v) is 14.9. The number of carbonyl (C=O) groups is 2. The minimum atomic E-state index is -0.239. The van der Waals surface area contributed by atoms with E-state index < -0.39 is 0 Å². The molecule has 24 heavy (non-hydrogen) atoms. The third kappa shape index (κ3) is 4.15. The summed E-state index contributed by atoms with van der Waals surface area (Å²) in [5, 5.41) is 3.41. The summed E-state index contributed by atoms with van der Waals surface area (Å²) in [6.45, 7) is 7.10. The summed E-state index contributed by atoms with van der Waals surface area (Å²) in [6, 6.07) is 12.0. The van der Waals surface area contributed by atoms with Crippen molar-refractivity contribution in [2.75, 3.05) is 18.4 Å². The van der Waals surface area contributed by atoms with Gasteiger partial charge in [0.1, 0.15) is 0 Å². The molecule has 0 spiro atoms. The van der Waals surface area contributed by atoms with Gasteiger partial charge in [-0.25, -0.2) is 0 Å². The van der Waals surface area contributed by atoms with E-state index in [1.54, 1.807) is 41.3 Å². The molecule has 0 bridgehead atoms. The first-order valence-electron chi connectivity index (χ1n) is 7.93. The fraction of sp³-hybridized carbons (Fsp3) is 0.263. The summed E-state index contributed by atoms with van der Waals surface area (Å²) in [6.07, 6.45) is 0. The Bertz CT molecular complexity index is 738. The van der Waals surface area contributed by atoms with Crippen LogP contribution in [-0.2, 0) is 0 Å². The van der Waals surface area contributed by atoms with Gasteiger partial charge in [-0.15, -0.1) is 0 Å². The molecule has 1 N–H and O–H groups in total. The monoisotopic (exact) mass is 344 g/mol. The van der Waals surface area contributed by atoms with Gasteiger partial charge in [-0.1, -0.05) is 17.7 Å². The van der Waals surface area contributed by atoms with Crippen molar-refractivity contribution in [3.8, 4) is 0 Å². The van der Waals surface area contributed by atoms with Crippen LogP contribution >= 0.6 is 11.6 Å². The van der Waals surface area contributed by atoms with Crippen molar-refractivity contribution in [3.63, 3.8) is 0 Å². The van der Waals surface area contributed by atoms with E-state index in [4.69, 9.17) is 11.6 Å². The first-order chi connectivity index (χ1) is 11.5. The zero-order valence-electron chi connectivity index (χ0n) is 14.1. The Hall–Kier alpha value is -2.33. The molecule has 0 radical (unpaired) electrons. The first-order valence-corrected chi connectivity index (χ1v) is 8.30. The molecule has 126 valence electrons. The largest absolute Gasteiger partial charge is 0.339 e. The zero-order chi connectivity index (χ0) is 17.7. The highest BCUT2D eigenvalue weighted by molar-refractivity contribution is 6.31. The predicted octanol–water partition coefficient (Wildman–Crippen LogP) is 4.38. The van der Waals surface area contributed by atoms with Crippen molar-refractivity contribution in [1.82, 2.24) is 4.90 Å². The van der Waals surface area contributed by atoms with Gasteiger partial charge in [0.2, 0.25) is 0 Å². The highest BCUT2D eigenvalue weighted by atomic mass is 35.5. The summed E-state index contributed by atoms with van der Waals surface area (Å²) < 4.78 is 0. The molecule has 4 nitrogen and oxygen atoms in total. The van der Waals surface area contributed by atoms with E-state index in [1.165, 1.54) is 0 Å². The number of nitrogens with one attached hydrogen (secondary N) is 1. The number of amides is 2. The van der Waals surface area contributed by atoms with Crippen LogP contribution in [0.3, 0.4) is 0 Å². The SMILES string of the molecule is CCN(CC)C(=O)c1ccc(C(=O)Nc2ccc(C)c(Cl)c2)cc1. The van der Waals surface area contributed by atoms with E-state index in [-0.39, 0.29) is 11.8 Å². The van der Waals surface area contributed by atoms with Gasteiger partial charge in [-0.3, -0.25) is 9.59 Å². The van der Waals surface area contributed by atoms with Crippen molar-refractivity contribution in [1.29, 1.82) is 0 Å². The van der Waals surface area contributed by atoms with Crippen LogP contribution in [-0.4, -0.2) is 29.8 Å². The van der Waals surface area contributed by atoms with Gasteiger partial charge >= 0.3 is 0 Å². The fourth-order valence-corrected chi connectivity index (χ4v) is 2.51. The molecule has 0 unspecified atom stereocenters. The van der Waals surface area contributed by atoms with Crippen molar-refractivity contribution < 1.29 is 9.59 Å². The molecule has 0 heterocycles. The summed E-state index contributed by atoms with van der Waals surface area (Å²) in [5.41, 5.74) is 2.66. The number of halogens is 1. The van der Waals surface area contributed by atoms with E-state index in [2.05, 4.69) is 5.32 Å². The quantitative estimate of drug-likeness (QED) is 0.874. The van der Waals surface area contributed by atoms with Gasteiger partial charge in [0.25, 0.3) is 11.8 Å². The van der Waals surface area contributed by atoms with Crippen molar-refractivity contribution in [2.45, 2.75) is 20.8 Å². The minimum Gasteiger partial charge on any atom is -0.339 e. The second-order valence-corrected chi connectivity index (χ2v) is 5.88. The number of hydrogen-bond donors (Lipinski definition) is 1. The molecule has 0 aromatic heterocycles. The van der Waals surface area contributed by atoms with Crippen LogP contribution < -0.4 is 5.32 Å². The summed E-state index contributed by atoms with van der Waals surface area (Å²) in [5.74, 6) is -0.269. The van der Waals surface area contributed by atoms with E-state index >= 15 is 0 Å². The van der Waals surface area contributed by atoms with Crippen LogP contribution in [0.15, 0.2) is 42.5 Å². The number of hydrogen-bond acceptors (Lipinski definition) is 2. The summed E-state index contributed by atoms with van der Waals surface area (Å²) >= 11 is 6.06. The van der Waals surface area contributed by atoms with Crippen molar-refractivity contribution in [3.05, 3.63) is 64.2 Å². The molecule has 0 saturated heterocycles. The highest BCUT2D eigenvalue weighted by Crippen LogP contribution is 2.20. The van der Waals surface area contributed by atoms with Gasteiger partial charge in [-0.05, 0) is 62.7 Å². The molecule has 0 saturated carbocycles. The van der Waals surface area contributed by atoms with Gasteiger partial charge in [0.05, 0.1) is 0 Å². The Morgan fingerprint density at radius 1 is 1.00 bits per heavy atom. The maximum absolute atomic E-state index is 12.3. The molecule has 2 rings (SSSR count). The second kappa shape index (κ2) is 7.97. The molecule has 0 atom stereocenters. The minimum absolute atomic E-state index is 0.0303. The Morgan fingerprint density at radius 2 is 1.58 bits per heavy atom. The Balaban J connectivity index is 2.11. The van der Waals surface area contributed by atoms with Gasteiger partial charge in [-0.2, -0.15) is 0 Å². The average Bonchev–Trinajstić information content (AvgIpc) is 2.59. The molecular formula is C19H21ClN2O2. The standard InChI is InChI=1S/C19H21ClN2O2/c1-4-22(5-2)19(24)15-9-7-14(8-10-15)18(23)21-16-11-6-13(3)17(20)12-16/h6-12H,4-5H2,1-3H3,(H,21,23). The Morgan fingerprint density at radius 3 is 2.12 bits per heavy atom. The van der Waals surface area contributed by atoms with Crippen molar-refractivity contribution in [2.24, 2.45) is 0 Å². The van der Waals surface area contributed by atoms with Crippen LogP contribution in [0.2, 0.25) is 5.02 Å². The lowest BCUT2D eigenvalue weighted by atomic mass is 10.1. The molecule has 0 aliphatic heterocycles. The fourth-order valence-electron chi connectivity index (χ4n) is 2.33. The van der Waals surface area contributed by atoms with Gasteiger partial charge in [0, 0.05) is 34.9 Å². The number of benzene rings is 2. The van der Waals surface area contributed by atoms with Gasteiger partial charge in [0.15, 0.2) is 0 Å². The second-order valence-electron chi connectivity index (χ2n) is 5.47. The summed E-state index contributed by atoms with van der Waals surface area (Å²) in [4.78, 5) is 26.3. The number of nitrogens with zero attached hydrogens (tertiary/aromatic N) is 1.